The van der Waals surface area contributed by atoms with Crippen LogP contribution < -0.4 is 4.74 Å². The third-order valence-corrected chi connectivity index (χ3v) is 3.29. The summed E-state index contributed by atoms with van der Waals surface area (Å²) < 4.78 is 7.56. The second-order valence-electron chi connectivity index (χ2n) is 4.57. The molecule has 0 aliphatic carbocycles. The summed E-state index contributed by atoms with van der Waals surface area (Å²) in [5, 5.41) is 1.25. The van der Waals surface area contributed by atoms with Crippen molar-refractivity contribution in [3.05, 3.63) is 43.1 Å². The smallest absolute Gasteiger partial charge is 0.119 e. The number of rotatable bonds is 7. The molecule has 0 bridgehead atoms. The lowest BCUT2D eigenvalue weighted by atomic mass is 10.2. The van der Waals surface area contributed by atoms with Gasteiger partial charge in [-0.1, -0.05) is 12.5 Å². The Bertz CT molecular complexity index is 513. The Kier molecular flexibility index (Phi) is 4.46. The second kappa shape index (κ2) is 6.29. The topological polar surface area (TPSA) is 14.2 Å². The number of aryl methyl sites for hydroxylation is 1. The third-order valence-electron chi connectivity index (χ3n) is 3.29. The van der Waals surface area contributed by atoms with Crippen LogP contribution in [0.25, 0.3) is 10.9 Å². The first-order valence-corrected chi connectivity index (χ1v) is 6.59. The monoisotopic (exact) mass is 243 g/mol. The number of fused-ring (bicyclic) bond motifs is 1. The minimum absolute atomic E-state index is 0.922. The first-order valence-electron chi connectivity index (χ1n) is 6.59. The van der Waals surface area contributed by atoms with Crippen LogP contribution >= 0.6 is 0 Å². The van der Waals surface area contributed by atoms with Gasteiger partial charge in [-0.2, -0.15) is 0 Å². The van der Waals surface area contributed by atoms with Gasteiger partial charge < -0.3 is 9.30 Å². The highest BCUT2D eigenvalue weighted by molar-refractivity contribution is 5.81. The van der Waals surface area contributed by atoms with Gasteiger partial charge in [-0.25, -0.2) is 0 Å². The molecule has 0 saturated carbocycles. The Balaban J connectivity index is 1.98. The van der Waals surface area contributed by atoms with Crippen LogP contribution in [-0.4, -0.2) is 11.7 Å². The summed E-state index contributed by atoms with van der Waals surface area (Å²) in [6.07, 6.45) is 9.03. The van der Waals surface area contributed by atoms with E-state index in [2.05, 4.69) is 35.5 Å². The average molecular weight is 243 g/mol. The molecule has 0 amide bonds. The molecule has 0 unspecified atom stereocenters. The van der Waals surface area contributed by atoms with Gasteiger partial charge in [0.15, 0.2) is 0 Å². The zero-order valence-corrected chi connectivity index (χ0v) is 11.1. The van der Waals surface area contributed by atoms with Crippen molar-refractivity contribution in [3.8, 4) is 5.75 Å². The molecule has 1 heterocycles. The molecule has 2 heteroatoms. The standard InChI is InChI=1S/C16H21NO/c1-3-4-5-6-7-11-17-12-10-14-13-15(18-2)8-9-16(14)17/h3,8-10,12-13H,1,4-7,11H2,2H3. The highest BCUT2D eigenvalue weighted by Crippen LogP contribution is 2.22. The quantitative estimate of drug-likeness (QED) is 0.519. The van der Waals surface area contributed by atoms with Crippen molar-refractivity contribution in [2.75, 3.05) is 7.11 Å². The van der Waals surface area contributed by atoms with Crippen LogP contribution in [-0.2, 0) is 6.54 Å². The van der Waals surface area contributed by atoms with Crippen molar-refractivity contribution in [2.45, 2.75) is 32.2 Å². The minimum Gasteiger partial charge on any atom is -0.497 e. The fourth-order valence-corrected chi connectivity index (χ4v) is 2.25. The number of aromatic nitrogens is 1. The maximum absolute atomic E-state index is 5.24. The third kappa shape index (κ3) is 2.95. The molecule has 18 heavy (non-hydrogen) atoms. The summed E-state index contributed by atoms with van der Waals surface area (Å²) in [6.45, 7) is 4.84. The fourth-order valence-electron chi connectivity index (χ4n) is 2.25. The van der Waals surface area contributed by atoms with E-state index in [0.29, 0.717) is 0 Å². The van der Waals surface area contributed by atoms with Crippen LogP contribution in [0.3, 0.4) is 0 Å². The predicted octanol–water partition coefficient (Wildman–Crippen LogP) is 4.40. The number of nitrogens with zero attached hydrogens (tertiary/aromatic N) is 1. The van der Waals surface area contributed by atoms with Crippen molar-refractivity contribution in [2.24, 2.45) is 0 Å². The van der Waals surface area contributed by atoms with E-state index >= 15 is 0 Å². The van der Waals surface area contributed by atoms with Gasteiger partial charge in [0.1, 0.15) is 5.75 Å². The molecule has 2 rings (SSSR count). The van der Waals surface area contributed by atoms with Crippen molar-refractivity contribution < 1.29 is 4.74 Å². The van der Waals surface area contributed by atoms with Crippen LogP contribution in [0, 0.1) is 0 Å². The lowest BCUT2D eigenvalue weighted by Crippen LogP contribution is -1.95. The Morgan fingerprint density at radius 3 is 2.89 bits per heavy atom. The first-order chi connectivity index (χ1) is 8.85. The van der Waals surface area contributed by atoms with Gasteiger partial charge in [-0.05, 0) is 43.5 Å². The van der Waals surface area contributed by atoms with Gasteiger partial charge in [0.25, 0.3) is 0 Å². The van der Waals surface area contributed by atoms with Gasteiger partial charge in [0.05, 0.1) is 7.11 Å². The fraction of sp³-hybridized carbons (Fsp3) is 0.375. The van der Waals surface area contributed by atoms with E-state index < -0.39 is 0 Å². The van der Waals surface area contributed by atoms with E-state index in [1.165, 1.54) is 30.2 Å². The van der Waals surface area contributed by atoms with Crippen molar-refractivity contribution in [1.82, 2.24) is 4.57 Å². The summed E-state index contributed by atoms with van der Waals surface area (Å²) in [5.74, 6) is 0.922. The molecule has 0 fully saturated rings. The van der Waals surface area contributed by atoms with E-state index in [4.69, 9.17) is 4.74 Å². The molecule has 96 valence electrons. The van der Waals surface area contributed by atoms with E-state index in [0.717, 1.165) is 18.7 Å². The number of methoxy groups -OCH3 is 1. The van der Waals surface area contributed by atoms with E-state index in [9.17, 15) is 0 Å². The molecule has 0 atom stereocenters. The zero-order valence-electron chi connectivity index (χ0n) is 11.1. The van der Waals surface area contributed by atoms with Crippen molar-refractivity contribution in [1.29, 1.82) is 0 Å². The summed E-state index contributed by atoms with van der Waals surface area (Å²) in [5.41, 5.74) is 1.29. The van der Waals surface area contributed by atoms with E-state index in [-0.39, 0.29) is 0 Å². The molecule has 0 radical (unpaired) electrons. The maximum atomic E-state index is 5.24. The molecule has 0 N–H and O–H groups in total. The Hall–Kier alpha value is -1.70. The molecule has 0 saturated heterocycles. The molecule has 2 nitrogen and oxygen atoms in total. The van der Waals surface area contributed by atoms with Crippen LogP contribution in [0.2, 0.25) is 0 Å². The van der Waals surface area contributed by atoms with Gasteiger partial charge in [0.2, 0.25) is 0 Å². The molecule has 1 aromatic carbocycles. The Morgan fingerprint density at radius 2 is 2.11 bits per heavy atom. The SMILES string of the molecule is C=CCCCCCn1ccc2cc(OC)ccc21. The van der Waals surface area contributed by atoms with Gasteiger partial charge in [-0.3, -0.25) is 0 Å². The summed E-state index contributed by atoms with van der Waals surface area (Å²) in [6, 6.07) is 8.40. The van der Waals surface area contributed by atoms with Gasteiger partial charge in [-0.15, -0.1) is 6.58 Å². The van der Waals surface area contributed by atoms with Gasteiger partial charge in [0, 0.05) is 23.6 Å². The van der Waals surface area contributed by atoms with Crippen LogP contribution in [0.4, 0.5) is 0 Å². The lowest BCUT2D eigenvalue weighted by molar-refractivity contribution is 0.415. The number of benzene rings is 1. The summed E-state index contributed by atoms with van der Waals surface area (Å²) >= 11 is 0. The average Bonchev–Trinajstić information content (AvgIpc) is 2.81. The Morgan fingerprint density at radius 1 is 1.22 bits per heavy atom. The van der Waals surface area contributed by atoms with Gasteiger partial charge >= 0.3 is 0 Å². The predicted molar refractivity (Wildman–Crippen MR) is 77.2 cm³/mol. The van der Waals surface area contributed by atoms with Crippen LogP contribution in [0.5, 0.6) is 5.75 Å². The van der Waals surface area contributed by atoms with E-state index in [1.54, 1.807) is 7.11 Å². The molecular formula is C16H21NO. The van der Waals surface area contributed by atoms with Crippen molar-refractivity contribution >= 4 is 10.9 Å². The number of hydrogen-bond donors (Lipinski definition) is 0. The molecule has 1 aromatic heterocycles. The number of unbranched alkanes of at least 4 members (excludes halogenated alkanes) is 3. The lowest BCUT2D eigenvalue weighted by Gasteiger charge is -2.06. The molecule has 0 spiro atoms. The Labute approximate surface area is 109 Å². The minimum atomic E-state index is 0.922. The molecule has 2 aromatic rings. The maximum Gasteiger partial charge on any atom is 0.119 e. The van der Waals surface area contributed by atoms with Crippen LogP contribution in [0.15, 0.2) is 43.1 Å². The highest BCUT2D eigenvalue weighted by Gasteiger charge is 2.02. The summed E-state index contributed by atoms with van der Waals surface area (Å²) in [7, 11) is 1.71. The largest absolute Gasteiger partial charge is 0.497 e. The summed E-state index contributed by atoms with van der Waals surface area (Å²) in [4.78, 5) is 0. The number of ether oxygens (including phenoxy) is 1. The molecular weight excluding hydrogens is 222 g/mol. The van der Waals surface area contributed by atoms with E-state index in [1.807, 2.05) is 12.1 Å². The normalized spacial score (nSPS) is 10.7. The van der Waals surface area contributed by atoms with Crippen LogP contribution in [0.1, 0.15) is 25.7 Å². The first kappa shape index (κ1) is 12.7. The molecule has 0 aliphatic rings. The molecule has 0 aliphatic heterocycles. The number of allylic oxidation sites excluding steroid dienone is 1. The van der Waals surface area contributed by atoms with Crippen molar-refractivity contribution in [3.63, 3.8) is 0 Å². The highest BCUT2D eigenvalue weighted by atomic mass is 16.5. The zero-order chi connectivity index (χ0) is 12.8. The number of hydrogen-bond acceptors (Lipinski definition) is 1. The second-order valence-corrected chi connectivity index (χ2v) is 4.57.